The van der Waals surface area contributed by atoms with Gasteiger partial charge >= 0.3 is 5.97 Å². The third kappa shape index (κ3) is 5.77. The van der Waals surface area contributed by atoms with Crippen LogP contribution >= 0.6 is 0 Å². The molecule has 0 bridgehead atoms. The molecule has 0 aromatic heterocycles. The number of nitrogens with zero attached hydrogens (tertiary/aromatic N) is 1. The second-order valence-corrected chi connectivity index (χ2v) is 6.20. The van der Waals surface area contributed by atoms with Gasteiger partial charge in [0.25, 0.3) is 11.6 Å². The van der Waals surface area contributed by atoms with Crippen molar-refractivity contribution in [2.45, 2.75) is 26.2 Å². The first-order valence-corrected chi connectivity index (χ1v) is 8.89. The zero-order valence-corrected chi connectivity index (χ0v) is 15.8. The van der Waals surface area contributed by atoms with Crippen LogP contribution in [0.4, 0.5) is 11.4 Å². The largest absolute Gasteiger partial charge is 0.452 e. The molecule has 0 aliphatic carbocycles. The normalized spacial score (nSPS) is 11.8. The summed E-state index contributed by atoms with van der Waals surface area (Å²) in [5.74, 6) is -0.935. The molecule has 2 aromatic rings. The summed E-state index contributed by atoms with van der Waals surface area (Å²) in [7, 11) is 0. The molecule has 0 saturated heterocycles. The Morgan fingerprint density at radius 1 is 1.18 bits per heavy atom. The molecule has 0 fully saturated rings. The Balaban J connectivity index is 1.93. The van der Waals surface area contributed by atoms with E-state index in [1.54, 1.807) is 12.1 Å². The molecule has 0 radical (unpaired) electrons. The summed E-state index contributed by atoms with van der Waals surface area (Å²) in [6, 6.07) is 13.5. The van der Waals surface area contributed by atoms with E-state index in [4.69, 9.17) is 4.74 Å². The van der Waals surface area contributed by atoms with E-state index in [0.717, 1.165) is 18.1 Å². The fraction of sp³-hybridized carbons (Fsp3) is 0.238. The van der Waals surface area contributed by atoms with Gasteiger partial charge in [-0.1, -0.05) is 44.2 Å². The van der Waals surface area contributed by atoms with Crippen molar-refractivity contribution < 1.29 is 19.2 Å². The van der Waals surface area contributed by atoms with Crippen LogP contribution in [0, 0.1) is 10.1 Å². The highest BCUT2D eigenvalue weighted by Crippen LogP contribution is 2.26. The molecule has 0 spiro atoms. The first-order chi connectivity index (χ1) is 13.4. The van der Waals surface area contributed by atoms with Crippen molar-refractivity contribution in [2.75, 3.05) is 11.9 Å². The summed E-state index contributed by atoms with van der Waals surface area (Å²) in [5, 5.41) is 13.7. The number of nitrogens with one attached hydrogen (secondary N) is 1. The predicted molar refractivity (Wildman–Crippen MR) is 107 cm³/mol. The average Bonchev–Trinajstić information content (AvgIpc) is 2.70. The quantitative estimate of drug-likeness (QED) is 0.318. The number of amides is 1. The third-order valence-corrected chi connectivity index (χ3v) is 4.26. The number of carbonyl (C=O) groups excluding carboxylic acids is 2. The minimum atomic E-state index is -0.761. The van der Waals surface area contributed by atoms with Crippen molar-refractivity contribution in [3.63, 3.8) is 0 Å². The molecule has 0 saturated carbocycles. The van der Waals surface area contributed by atoms with Crippen molar-refractivity contribution in [3.05, 3.63) is 75.8 Å². The zero-order valence-electron chi connectivity index (χ0n) is 15.8. The van der Waals surface area contributed by atoms with Crippen LogP contribution in [0.3, 0.4) is 0 Å². The zero-order chi connectivity index (χ0) is 20.5. The van der Waals surface area contributed by atoms with E-state index in [-0.39, 0.29) is 17.2 Å². The van der Waals surface area contributed by atoms with Crippen LogP contribution < -0.4 is 5.32 Å². The molecule has 0 aliphatic rings. The number of esters is 1. The number of ether oxygens (including phenoxy) is 1. The summed E-state index contributed by atoms with van der Waals surface area (Å²) < 4.78 is 4.92. The smallest absolute Gasteiger partial charge is 0.331 e. The van der Waals surface area contributed by atoms with Crippen molar-refractivity contribution in [1.29, 1.82) is 0 Å². The number of carbonyl (C=O) groups is 2. The molecule has 1 atom stereocenters. The molecule has 0 heterocycles. The highest BCUT2D eigenvalue weighted by atomic mass is 16.6. The van der Waals surface area contributed by atoms with Gasteiger partial charge in [-0.05, 0) is 36.1 Å². The van der Waals surface area contributed by atoms with E-state index >= 15 is 0 Å². The van der Waals surface area contributed by atoms with Crippen LogP contribution in [-0.4, -0.2) is 23.4 Å². The molecular weight excluding hydrogens is 360 g/mol. The van der Waals surface area contributed by atoms with Crippen LogP contribution in [-0.2, 0) is 14.3 Å². The molecule has 2 aromatic carbocycles. The lowest BCUT2D eigenvalue weighted by Crippen LogP contribution is -2.21. The molecule has 0 aliphatic heterocycles. The molecule has 7 nitrogen and oxygen atoms in total. The van der Waals surface area contributed by atoms with Crippen molar-refractivity contribution in [1.82, 2.24) is 0 Å². The average molecular weight is 382 g/mol. The maximum absolute atomic E-state index is 12.1. The van der Waals surface area contributed by atoms with Crippen LogP contribution in [0.5, 0.6) is 0 Å². The minimum absolute atomic E-state index is 0.119. The number of para-hydroxylation sites is 2. The van der Waals surface area contributed by atoms with Gasteiger partial charge < -0.3 is 10.1 Å². The lowest BCUT2D eigenvalue weighted by atomic mass is 9.97. The summed E-state index contributed by atoms with van der Waals surface area (Å²) in [5.41, 5.74) is 1.86. The summed E-state index contributed by atoms with van der Waals surface area (Å²) in [6.07, 6.45) is 3.28. The highest BCUT2D eigenvalue weighted by molar-refractivity contribution is 5.95. The summed E-state index contributed by atoms with van der Waals surface area (Å²) in [6.45, 7) is 3.68. The second-order valence-electron chi connectivity index (χ2n) is 6.20. The summed E-state index contributed by atoms with van der Waals surface area (Å²) >= 11 is 0. The highest BCUT2D eigenvalue weighted by Gasteiger charge is 2.13. The Bertz CT molecular complexity index is 892. The Morgan fingerprint density at radius 2 is 1.86 bits per heavy atom. The molecule has 146 valence electrons. The van der Waals surface area contributed by atoms with E-state index < -0.39 is 23.4 Å². The SMILES string of the molecule is CC[C@@H](C)c1ccccc1NC(=O)COC(=O)/C=C/c1ccccc1[N+](=O)[O-]. The molecular formula is C21H22N2O5. The number of rotatable bonds is 8. The number of hydrogen-bond donors (Lipinski definition) is 1. The van der Waals surface area contributed by atoms with E-state index in [2.05, 4.69) is 19.2 Å². The number of hydrogen-bond acceptors (Lipinski definition) is 5. The minimum Gasteiger partial charge on any atom is -0.452 e. The predicted octanol–water partition coefficient (Wildman–Crippen LogP) is 4.30. The van der Waals surface area contributed by atoms with Crippen molar-refractivity contribution in [3.8, 4) is 0 Å². The number of benzene rings is 2. The Labute approximate surface area is 163 Å². The number of nitro groups is 1. The van der Waals surface area contributed by atoms with Crippen LogP contribution in [0.2, 0.25) is 0 Å². The number of nitro benzene ring substituents is 1. The molecule has 1 N–H and O–H groups in total. The maximum atomic E-state index is 12.1. The Kier molecular flexibility index (Phi) is 7.45. The van der Waals surface area contributed by atoms with Crippen molar-refractivity contribution in [2.24, 2.45) is 0 Å². The third-order valence-electron chi connectivity index (χ3n) is 4.26. The van der Waals surface area contributed by atoms with E-state index in [1.165, 1.54) is 24.3 Å². The van der Waals surface area contributed by atoms with Crippen LogP contribution in [0.25, 0.3) is 6.08 Å². The lowest BCUT2D eigenvalue weighted by Gasteiger charge is -2.15. The van der Waals surface area contributed by atoms with Gasteiger partial charge in [-0.3, -0.25) is 14.9 Å². The van der Waals surface area contributed by atoms with E-state index in [0.29, 0.717) is 5.69 Å². The van der Waals surface area contributed by atoms with Gasteiger partial charge in [-0.25, -0.2) is 4.79 Å². The maximum Gasteiger partial charge on any atom is 0.331 e. The van der Waals surface area contributed by atoms with E-state index in [1.807, 2.05) is 18.2 Å². The standard InChI is InChI=1S/C21H22N2O5/c1-3-15(2)17-9-5-6-10-18(17)22-20(24)14-28-21(25)13-12-16-8-4-7-11-19(16)23(26)27/h4-13,15H,3,14H2,1-2H3,(H,22,24)/b13-12+/t15-/m1/s1. The second kappa shape index (κ2) is 10.0. The first-order valence-electron chi connectivity index (χ1n) is 8.89. The fourth-order valence-electron chi connectivity index (χ4n) is 2.58. The monoisotopic (exact) mass is 382 g/mol. The van der Waals surface area contributed by atoms with Crippen LogP contribution in [0.1, 0.15) is 37.3 Å². The molecule has 1 amide bonds. The lowest BCUT2D eigenvalue weighted by molar-refractivity contribution is -0.385. The van der Waals surface area contributed by atoms with Gasteiger partial charge in [-0.2, -0.15) is 0 Å². The molecule has 0 unspecified atom stereocenters. The molecule has 28 heavy (non-hydrogen) atoms. The van der Waals surface area contributed by atoms with E-state index in [9.17, 15) is 19.7 Å². The Hall–Kier alpha value is -3.48. The summed E-state index contributed by atoms with van der Waals surface area (Å²) in [4.78, 5) is 34.3. The van der Waals surface area contributed by atoms with Gasteiger partial charge in [0.15, 0.2) is 6.61 Å². The van der Waals surface area contributed by atoms with Crippen molar-refractivity contribution >= 4 is 29.3 Å². The van der Waals surface area contributed by atoms with Gasteiger partial charge in [0.05, 0.1) is 10.5 Å². The van der Waals surface area contributed by atoms with Gasteiger partial charge in [0, 0.05) is 17.8 Å². The van der Waals surface area contributed by atoms with Crippen LogP contribution in [0.15, 0.2) is 54.6 Å². The van der Waals surface area contributed by atoms with Gasteiger partial charge in [-0.15, -0.1) is 0 Å². The first kappa shape index (κ1) is 20.8. The number of anilines is 1. The van der Waals surface area contributed by atoms with Gasteiger partial charge in [0.1, 0.15) is 0 Å². The fourth-order valence-corrected chi connectivity index (χ4v) is 2.58. The topological polar surface area (TPSA) is 98.5 Å². The van der Waals surface area contributed by atoms with Gasteiger partial charge in [0.2, 0.25) is 0 Å². The molecule has 2 rings (SSSR count). The molecule has 7 heteroatoms. The Morgan fingerprint density at radius 3 is 2.57 bits per heavy atom.